The number of hydrogen-bond acceptors (Lipinski definition) is 2. The molecule has 1 amide bonds. The second-order valence-corrected chi connectivity index (χ2v) is 6.51. The maximum Gasteiger partial charge on any atom is 0.349 e. The molecule has 0 bridgehead atoms. The highest BCUT2D eigenvalue weighted by Crippen LogP contribution is 2.26. The first-order valence-electron chi connectivity index (χ1n) is 8.25. The first kappa shape index (κ1) is 20.3. The number of halogens is 2. The minimum Gasteiger partial charge on any atom is -0.386 e. The third-order valence-corrected chi connectivity index (χ3v) is 3.85. The summed E-state index contributed by atoms with van der Waals surface area (Å²) < 4.78 is 28.1. The zero-order valence-corrected chi connectivity index (χ0v) is 14.6. The van der Waals surface area contributed by atoms with E-state index in [-0.39, 0.29) is 18.9 Å². The molecule has 0 aliphatic rings. The number of aliphatic hydroxyl groups excluding tert-OH is 1. The van der Waals surface area contributed by atoms with E-state index in [1.165, 1.54) is 5.57 Å². The summed E-state index contributed by atoms with van der Waals surface area (Å²) in [5.41, 5.74) is 1.90. The Morgan fingerprint density at radius 3 is 2.50 bits per heavy atom. The van der Waals surface area contributed by atoms with Crippen molar-refractivity contribution in [3.63, 3.8) is 0 Å². The second kappa shape index (κ2) is 9.52. The normalized spacial score (nSPS) is 13.9. The zero-order valence-electron chi connectivity index (χ0n) is 14.6. The summed E-state index contributed by atoms with van der Waals surface area (Å²) in [5, 5.41) is 12.0. The van der Waals surface area contributed by atoms with Crippen molar-refractivity contribution in [2.45, 2.75) is 58.6 Å². The molecule has 0 aromatic heterocycles. The summed E-state index contributed by atoms with van der Waals surface area (Å²) in [4.78, 5) is 11.7. The fourth-order valence-electron chi connectivity index (χ4n) is 2.35. The first-order valence-corrected chi connectivity index (χ1v) is 8.25. The Hall–Kier alpha value is -1.75. The summed E-state index contributed by atoms with van der Waals surface area (Å²) in [6, 6.07) is 8.81. The predicted octanol–water partition coefficient (Wildman–Crippen LogP) is 4.07. The molecule has 24 heavy (non-hydrogen) atoms. The van der Waals surface area contributed by atoms with Gasteiger partial charge in [-0.25, -0.2) is 0 Å². The number of allylic oxidation sites excluding steroid dienone is 2. The largest absolute Gasteiger partial charge is 0.386 e. The lowest BCUT2D eigenvalue weighted by atomic mass is 9.94. The number of alkyl halides is 2. The van der Waals surface area contributed by atoms with Crippen LogP contribution in [0.25, 0.3) is 0 Å². The maximum absolute atomic E-state index is 14.1. The molecule has 2 N–H and O–H groups in total. The van der Waals surface area contributed by atoms with Gasteiger partial charge in [-0.3, -0.25) is 4.79 Å². The lowest BCUT2D eigenvalue weighted by Gasteiger charge is -2.24. The smallest absolute Gasteiger partial charge is 0.349 e. The van der Waals surface area contributed by atoms with Crippen LogP contribution in [0.1, 0.15) is 45.6 Å². The Morgan fingerprint density at radius 2 is 1.92 bits per heavy atom. The van der Waals surface area contributed by atoms with E-state index in [2.05, 4.69) is 5.32 Å². The monoisotopic (exact) mass is 339 g/mol. The van der Waals surface area contributed by atoms with Crippen molar-refractivity contribution in [3.8, 4) is 0 Å². The van der Waals surface area contributed by atoms with Gasteiger partial charge in [0.05, 0.1) is 0 Å². The van der Waals surface area contributed by atoms with Crippen LogP contribution in [0.15, 0.2) is 42.0 Å². The number of aliphatic hydroxyl groups is 1. The summed E-state index contributed by atoms with van der Waals surface area (Å²) >= 11 is 0. The average Bonchev–Trinajstić information content (AvgIpc) is 2.52. The van der Waals surface area contributed by atoms with Gasteiger partial charge in [-0.2, -0.15) is 8.78 Å². The molecule has 0 saturated carbocycles. The van der Waals surface area contributed by atoms with Crippen molar-refractivity contribution in [1.29, 1.82) is 0 Å². The number of nitrogens with one attached hydrogen (secondary N) is 1. The molecule has 0 fully saturated rings. The van der Waals surface area contributed by atoms with E-state index in [1.807, 2.05) is 19.9 Å². The molecule has 3 nitrogen and oxygen atoms in total. The van der Waals surface area contributed by atoms with Crippen LogP contribution in [-0.2, 0) is 11.3 Å². The van der Waals surface area contributed by atoms with Gasteiger partial charge in [0.25, 0.3) is 5.91 Å². The summed E-state index contributed by atoms with van der Waals surface area (Å²) in [7, 11) is 0. The number of benzene rings is 1. The van der Waals surface area contributed by atoms with Crippen LogP contribution in [0.3, 0.4) is 0 Å². The highest BCUT2D eigenvalue weighted by molar-refractivity contribution is 5.84. The minimum absolute atomic E-state index is 0.0120. The minimum atomic E-state index is -3.79. The highest BCUT2D eigenvalue weighted by Gasteiger charge is 2.46. The molecule has 5 heteroatoms. The molecular formula is C19H27F2NO2. The van der Waals surface area contributed by atoms with Crippen molar-refractivity contribution in [2.75, 3.05) is 0 Å². The molecule has 0 spiro atoms. The van der Waals surface area contributed by atoms with Gasteiger partial charge in [0, 0.05) is 6.54 Å². The van der Waals surface area contributed by atoms with Gasteiger partial charge in [0.15, 0.2) is 0 Å². The standard InChI is InChI=1S/C19H27F2NO2/c1-14(2)8-7-9-15(3)12-17(23)19(20,21)18(24)22-13-16-10-5-4-6-11-16/h4-6,8,10-11,15,17,23H,7,9,12-13H2,1-3H3,(H,22,24). The van der Waals surface area contributed by atoms with E-state index >= 15 is 0 Å². The number of hydrogen-bond donors (Lipinski definition) is 2. The van der Waals surface area contributed by atoms with E-state index in [9.17, 15) is 18.7 Å². The van der Waals surface area contributed by atoms with Crippen LogP contribution >= 0.6 is 0 Å². The Morgan fingerprint density at radius 1 is 1.29 bits per heavy atom. The summed E-state index contributed by atoms with van der Waals surface area (Å²) in [6.07, 6.45) is 1.43. The van der Waals surface area contributed by atoms with Crippen LogP contribution < -0.4 is 5.32 Å². The predicted molar refractivity (Wildman–Crippen MR) is 91.7 cm³/mol. The molecule has 2 unspecified atom stereocenters. The SMILES string of the molecule is CC(C)=CCCC(C)CC(O)C(F)(F)C(=O)NCc1ccccc1. The maximum atomic E-state index is 14.1. The van der Waals surface area contributed by atoms with Crippen molar-refractivity contribution in [3.05, 3.63) is 47.5 Å². The lowest BCUT2D eigenvalue weighted by Crippen LogP contribution is -2.48. The third kappa shape index (κ3) is 6.79. The first-order chi connectivity index (χ1) is 11.2. The third-order valence-electron chi connectivity index (χ3n) is 3.85. The number of rotatable bonds is 9. The zero-order chi connectivity index (χ0) is 18.2. The number of carbonyl (C=O) groups is 1. The molecule has 0 saturated heterocycles. The van der Waals surface area contributed by atoms with Gasteiger partial charge in [0.2, 0.25) is 0 Å². The number of amides is 1. The second-order valence-electron chi connectivity index (χ2n) is 6.51. The fourth-order valence-corrected chi connectivity index (χ4v) is 2.35. The Kier molecular flexibility index (Phi) is 8.05. The van der Waals surface area contributed by atoms with Crippen molar-refractivity contribution >= 4 is 5.91 Å². The lowest BCUT2D eigenvalue weighted by molar-refractivity contribution is -0.165. The molecule has 1 rings (SSSR count). The van der Waals surface area contributed by atoms with E-state index < -0.39 is 17.9 Å². The van der Waals surface area contributed by atoms with E-state index in [0.717, 1.165) is 12.0 Å². The van der Waals surface area contributed by atoms with Crippen molar-refractivity contribution in [1.82, 2.24) is 5.32 Å². The van der Waals surface area contributed by atoms with Crippen molar-refractivity contribution in [2.24, 2.45) is 5.92 Å². The van der Waals surface area contributed by atoms with Gasteiger partial charge in [-0.05, 0) is 44.6 Å². The van der Waals surface area contributed by atoms with Gasteiger partial charge >= 0.3 is 5.92 Å². The molecule has 0 heterocycles. The topological polar surface area (TPSA) is 49.3 Å². The van der Waals surface area contributed by atoms with Gasteiger partial charge in [0.1, 0.15) is 6.10 Å². The Bertz CT molecular complexity index is 540. The molecule has 1 aromatic carbocycles. The fraction of sp³-hybridized carbons (Fsp3) is 0.526. The van der Waals surface area contributed by atoms with Crippen LogP contribution in [0.5, 0.6) is 0 Å². The highest BCUT2D eigenvalue weighted by atomic mass is 19.3. The summed E-state index contributed by atoms with van der Waals surface area (Å²) in [5.74, 6) is -5.32. The molecule has 2 atom stereocenters. The van der Waals surface area contributed by atoms with Crippen LogP contribution in [0.2, 0.25) is 0 Å². The van der Waals surface area contributed by atoms with E-state index in [1.54, 1.807) is 37.3 Å². The molecule has 0 radical (unpaired) electrons. The van der Waals surface area contributed by atoms with Gasteiger partial charge in [-0.1, -0.05) is 48.9 Å². The van der Waals surface area contributed by atoms with Crippen molar-refractivity contribution < 1.29 is 18.7 Å². The van der Waals surface area contributed by atoms with E-state index in [4.69, 9.17) is 0 Å². The molecule has 1 aromatic rings. The number of carbonyl (C=O) groups excluding carboxylic acids is 1. The molecular weight excluding hydrogens is 312 g/mol. The van der Waals surface area contributed by atoms with E-state index in [0.29, 0.717) is 6.42 Å². The van der Waals surface area contributed by atoms with Gasteiger partial charge < -0.3 is 10.4 Å². The molecule has 134 valence electrons. The Labute approximate surface area is 142 Å². The Balaban J connectivity index is 2.49. The van der Waals surface area contributed by atoms with Crippen LogP contribution in [-0.4, -0.2) is 23.0 Å². The van der Waals surface area contributed by atoms with Crippen LogP contribution in [0.4, 0.5) is 8.78 Å². The molecule has 0 aliphatic heterocycles. The summed E-state index contributed by atoms with van der Waals surface area (Å²) in [6.45, 7) is 5.77. The molecule has 0 aliphatic carbocycles. The van der Waals surface area contributed by atoms with Gasteiger partial charge in [-0.15, -0.1) is 0 Å². The quantitative estimate of drug-likeness (QED) is 0.666. The van der Waals surface area contributed by atoms with Crippen LogP contribution in [0, 0.1) is 5.92 Å². The average molecular weight is 339 g/mol.